The van der Waals surface area contributed by atoms with Crippen LogP contribution in [0.1, 0.15) is 39.7 Å². The molecule has 3 nitrogen and oxygen atoms in total. The second-order valence-electron chi connectivity index (χ2n) is 6.37. The molecular weight excluding hydrogens is 305 g/mol. The SMILES string of the molecule is Cc1c(C(=O)N(C)C2CCc3ccccc32)oc2ccc(F)cc12. The van der Waals surface area contributed by atoms with Gasteiger partial charge >= 0.3 is 0 Å². The summed E-state index contributed by atoms with van der Waals surface area (Å²) in [5, 5.41) is 0.651. The number of rotatable bonds is 2. The molecule has 1 unspecified atom stereocenters. The predicted molar refractivity (Wildman–Crippen MR) is 90.5 cm³/mol. The third-order valence-electron chi connectivity index (χ3n) is 4.98. The molecule has 122 valence electrons. The first-order valence-electron chi connectivity index (χ1n) is 8.10. The van der Waals surface area contributed by atoms with E-state index >= 15 is 0 Å². The highest BCUT2D eigenvalue weighted by molar-refractivity contribution is 5.99. The summed E-state index contributed by atoms with van der Waals surface area (Å²) in [6, 6.07) is 12.6. The van der Waals surface area contributed by atoms with Gasteiger partial charge < -0.3 is 9.32 Å². The Kier molecular flexibility index (Phi) is 3.41. The second kappa shape index (κ2) is 5.48. The van der Waals surface area contributed by atoms with E-state index in [-0.39, 0.29) is 17.8 Å². The van der Waals surface area contributed by atoms with Gasteiger partial charge in [-0.1, -0.05) is 24.3 Å². The summed E-state index contributed by atoms with van der Waals surface area (Å²) in [5.41, 5.74) is 3.73. The Morgan fingerprint density at radius 2 is 2.04 bits per heavy atom. The van der Waals surface area contributed by atoms with Crippen LogP contribution >= 0.6 is 0 Å². The van der Waals surface area contributed by atoms with Gasteiger partial charge in [0.15, 0.2) is 5.76 Å². The molecule has 4 rings (SSSR count). The van der Waals surface area contributed by atoms with Crippen molar-refractivity contribution in [2.75, 3.05) is 7.05 Å². The van der Waals surface area contributed by atoms with E-state index in [1.165, 1.54) is 23.3 Å². The third kappa shape index (κ3) is 2.21. The summed E-state index contributed by atoms with van der Waals surface area (Å²) >= 11 is 0. The van der Waals surface area contributed by atoms with Crippen LogP contribution in [0.4, 0.5) is 4.39 Å². The first kappa shape index (κ1) is 14.9. The van der Waals surface area contributed by atoms with Crippen molar-refractivity contribution in [3.63, 3.8) is 0 Å². The van der Waals surface area contributed by atoms with Crippen molar-refractivity contribution in [3.8, 4) is 0 Å². The molecule has 0 N–H and O–H groups in total. The molecule has 0 bridgehead atoms. The van der Waals surface area contributed by atoms with E-state index in [0.717, 1.165) is 12.8 Å². The Bertz CT molecular complexity index is 944. The maximum Gasteiger partial charge on any atom is 0.290 e. The highest BCUT2D eigenvalue weighted by atomic mass is 19.1. The lowest BCUT2D eigenvalue weighted by molar-refractivity contribution is 0.0699. The number of carbonyl (C=O) groups is 1. The zero-order chi connectivity index (χ0) is 16.8. The number of aryl methyl sites for hydroxylation is 2. The van der Waals surface area contributed by atoms with Crippen LogP contribution in [0.25, 0.3) is 11.0 Å². The van der Waals surface area contributed by atoms with Crippen molar-refractivity contribution in [2.45, 2.75) is 25.8 Å². The van der Waals surface area contributed by atoms with E-state index in [2.05, 4.69) is 12.1 Å². The van der Waals surface area contributed by atoms with Gasteiger partial charge in [0.25, 0.3) is 5.91 Å². The Morgan fingerprint density at radius 1 is 1.25 bits per heavy atom. The molecule has 0 fully saturated rings. The summed E-state index contributed by atoms with van der Waals surface area (Å²) in [6.45, 7) is 1.80. The highest BCUT2D eigenvalue weighted by Crippen LogP contribution is 2.36. The Labute approximate surface area is 139 Å². The largest absolute Gasteiger partial charge is 0.451 e. The average molecular weight is 323 g/mol. The Hall–Kier alpha value is -2.62. The fourth-order valence-electron chi connectivity index (χ4n) is 3.64. The molecule has 0 aliphatic heterocycles. The summed E-state index contributed by atoms with van der Waals surface area (Å²) in [4.78, 5) is 14.7. The van der Waals surface area contributed by atoms with Gasteiger partial charge in [0.2, 0.25) is 0 Å². The first-order chi connectivity index (χ1) is 11.6. The molecule has 0 radical (unpaired) electrons. The van der Waals surface area contributed by atoms with Crippen LogP contribution in [0.3, 0.4) is 0 Å². The van der Waals surface area contributed by atoms with Crippen LogP contribution in [0.2, 0.25) is 0 Å². The van der Waals surface area contributed by atoms with Crippen molar-refractivity contribution >= 4 is 16.9 Å². The Balaban J connectivity index is 1.70. The summed E-state index contributed by atoms with van der Waals surface area (Å²) in [5.74, 6) is -0.197. The van der Waals surface area contributed by atoms with Crippen molar-refractivity contribution in [2.24, 2.45) is 0 Å². The van der Waals surface area contributed by atoms with E-state index in [0.29, 0.717) is 22.3 Å². The summed E-state index contributed by atoms with van der Waals surface area (Å²) in [7, 11) is 1.81. The molecule has 1 amide bonds. The summed E-state index contributed by atoms with van der Waals surface area (Å²) in [6.07, 6.45) is 1.89. The second-order valence-corrected chi connectivity index (χ2v) is 6.37. The van der Waals surface area contributed by atoms with Crippen molar-refractivity contribution in [3.05, 3.63) is 70.7 Å². The van der Waals surface area contributed by atoms with Crippen LogP contribution < -0.4 is 0 Å². The molecule has 1 aliphatic carbocycles. The number of furan rings is 1. The lowest BCUT2D eigenvalue weighted by Gasteiger charge is -2.24. The normalized spacial score (nSPS) is 16.4. The van der Waals surface area contributed by atoms with Gasteiger partial charge in [-0.05, 0) is 49.1 Å². The number of halogens is 1. The molecule has 0 saturated carbocycles. The molecule has 4 heteroatoms. The smallest absolute Gasteiger partial charge is 0.290 e. The quantitative estimate of drug-likeness (QED) is 0.688. The van der Waals surface area contributed by atoms with Gasteiger partial charge in [0.05, 0.1) is 6.04 Å². The molecular formula is C20H18FNO2. The number of nitrogens with zero attached hydrogens (tertiary/aromatic N) is 1. The fraction of sp³-hybridized carbons (Fsp3) is 0.250. The Morgan fingerprint density at radius 3 is 2.88 bits per heavy atom. The minimum absolute atomic E-state index is 0.0537. The molecule has 0 saturated heterocycles. The zero-order valence-corrected chi connectivity index (χ0v) is 13.7. The van der Waals surface area contributed by atoms with Crippen LogP contribution in [0, 0.1) is 12.7 Å². The maximum atomic E-state index is 13.5. The molecule has 3 aromatic rings. The molecule has 1 heterocycles. The van der Waals surface area contributed by atoms with Crippen LogP contribution in [-0.4, -0.2) is 17.9 Å². The van der Waals surface area contributed by atoms with E-state index in [1.54, 1.807) is 17.9 Å². The van der Waals surface area contributed by atoms with Crippen molar-refractivity contribution < 1.29 is 13.6 Å². The molecule has 1 atom stereocenters. The van der Waals surface area contributed by atoms with Crippen LogP contribution in [-0.2, 0) is 6.42 Å². The molecule has 2 aromatic carbocycles. The standard InChI is InChI=1S/C20H18FNO2/c1-12-16-11-14(21)8-10-18(16)24-19(12)20(23)22(2)17-9-7-13-5-3-4-6-15(13)17/h3-6,8,10-11,17H,7,9H2,1-2H3. The van der Waals surface area contributed by atoms with Gasteiger partial charge in [-0.3, -0.25) is 4.79 Å². The topological polar surface area (TPSA) is 33.5 Å². The van der Waals surface area contributed by atoms with Gasteiger partial charge in [0.1, 0.15) is 11.4 Å². The van der Waals surface area contributed by atoms with Crippen molar-refractivity contribution in [1.82, 2.24) is 4.90 Å². The van der Waals surface area contributed by atoms with Gasteiger partial charge in [-0.25, -0.2) is 4.39 Å². The average Bonchev–Trinajstić information content (AvgIpc) is 3.15. The number of hydrogen-bond donors (Lipinski definition) is 0. The van der Waals surface area contributed by atoms with Crippen molar-refractivity contribution in [1.29, 1.82) is 0 Å². The van der Waals surface area contributed by atoms with Gasteiger partial charge in [-0.2, -0.15) is 0 Å². The zero-order valence-electron chi connectivity index (χ0n) is 13.7. The molecule has 1 aromatic heterocycles. The van der Waals surface area contributed by atoms with E-state index in [4.69, 9.17) is 4.42 Å². The third-order valence-corrected chi connectivity index (χ3v) is 4.98. The fourth-order valence-corrected chi connectivity index (χ4v) is 3.64. The van der Waals surface area contributed by atoms with E-state index in [1.807, 2.05) is 19.2 Å². The molecule has 24 heavy (non-hydrogen) atoms. The minimum atomic E-state index is -0.330. The predicted octanol–water partition coefficient (Wildman–Crippen LogP) is 4.64. The highest BCUT2D eigenvalue weighted by Gasteiger charge is 2.31. The minimum Gasteiger partial charge on any atom is -0.451 e. The monoisotopic (exact) mass is 323 g/mol. The lowest BCUT2D eigenvalue weighted by atomic mass is 10.1. The van der Waals surface area contributed by atoms with E-state index < -0.39 is 0 Å². The van der Waals surface area contributed by atoms with Crippen LogP contribution in [0.15, 0.2) is 46.9 Å². The first-order valence-corrected chi connectivity index (χ1v) is 8.10. The number of carbonyl (C=O) groups excluding carboxylic acids is 1. The number of amides is 1. The number of benzene rings is 2. The van der Waals surface area contributed by atoms with Gasteiger partial charge in [0, 0.05) is 18.0 Å². The summed E-state index contributed by atoms with van der Waals surface area (Å²) < 4.78 is 19.2. The van der Waals surface area contributed by atoms with Crippen LogP contribution in [0.5, 0.6) is 0 Å². The number of fused-ring (bicyclic) bond motifs is 2. The lowest BCUT2D eigenvalue weighted by Crippen LogP contribution is -2.30. The van der Waals surface area contributed by atoms with E-state index in [9.17, 15) is 9.18 Å². The number of hydrogen-bond acceptors (Lipinski definition) is 2. The molecule has 1 aliphatic rings. The molecule has 0 spiro atoms. The van der Waals surface area contributed by atoms with Gasteiger partial charge in [-0.15, -0.1) is 0 Å². The maximum absolute atomic E-state index is 13.5.